The molecule has 4 aromatic rings. The molecule has 0 bridgehead atoms. The molecule has 168 valence electrons. The summed E-state index contributed by atoms with van der Waals surface area (Å²) in [6.45, 7) is 0. The molecule has 4 heterocycles. The average molecular weight is 485 g/mol. The lowest BCUT2D eigenvalue weighted by molar-refractivity contribution is -0.117. The molecular formula is C17H15ClF2N8O3S. The third-order valence-electron chi connectivity index (χ3n) is 4.11. The Morgan fingerprint density at radius 2 is 2.16 bits per heavy atom. The van der Waals surface area contributed by atoms with Crippen LogP contribution in [0.25, 0.3) is 17.0 Å². The minimum Gasteiger partial charge on any atom is -0.331 e. The summed E-state index contributed by atoms with van der Waals surface area (Å²) in [6.07, 6.45) is 5.84. The number of pyridine rings is 1. The number of hydrogen-bond acceptors (Lipinski definition) is 8. The van der Waals surface area contributed by atoms with Gasteiger partial charge < -0.3 is 8.92 Å². The molecule has 32 heavy (non-hydrogen) atoms. The molecule has 0 saturated heterocycles. The molecule has 0 saturated carbocycles. The molecule has 0 aliphatic rings. The number of rotatable bonds is 6. The monoisotopic (exact) mass is 484 g/mol. The van der Waals surface area contributed by atoms with Crippen LogP contribution in [0.5, 0.6) is 0 Å². The Morgan fingerprint density at radius 3 is 2.81 bits per heavy atom. The van der Waals surface area contributed by atoms with Crippen molar-refractivity contribution in [3.05, 3.63) is 48.3 Å². The van der Waals surface area contributed by atoms with Gasteiger partial charge in [0, 0.05) is 31.3 Å². The highest BCUT2D eigenvalue weighted by Crippen LogP contribution is 2.32. The number of imidazole rings is 1. The topological polar surface area (TPSA) is 133 Å². The van der Waals surface area contributed by atoms with Gasteiger partial charge in [-0.05, 0) is 23.7 Å². The van der Waals surface area contributed by atoms with Gasteiger partial charge in [0.05, 0.1) is 27.6 Å². The zero-order valence-electron chi connectivity index (χ0n) is 16.6. The minimum absolute atomic E-state index is 0.0534. The first-order chi connectivity index (χ1) is 15.0. The highest BCUT2D eigenvalue weighted by Gasteiger charge is 2.35. The van der Waals surface area contributed by atoms with Crippen molar-refractivity contribution in [3.63, 3.8) is 0 Å². The molecule has 0 aliphatic carbocycles. The van der Waals surface area contributed by atoms with Crippen LogP contribution in [0.4, 0.5) is 8.78 Å². The first-order valence-electron chi connectivity index (χ1n) is 8.95. The second kappa shape index (κ2) is 8.02. The summed E-state index contributed by atoms with van der Waals surface area (Å²) in [5, 5.41) is 3.75. The van der Waals surface area contributed by atoms with Crippen molar-refractivity contribution in [2.75, 3.05) is 6.26 Å². The van der Waals surface area contributed by atoms with Crippen LogP contribution in [0.3, 0.4) is 0 Å². The number of hydrogen-bond donors (Lipinski definition) is 0. The number of carbonyl (C=O) groups is 1. The number of alkyl halides is 3. The second-order valence-electron chi connectivity index (χ2n) is 6.93. The Bertz CT molecular complexity index is 1430. The molecule has 0 N–H and O–H groups in total. The minimum atomic E-state index is -3.77. The van der Waals surface area contributed by atoms with Gasteiger partial charge in [-0.1, -0.05) is 5.16 Å². The van der Waals surface area contributed by atoms with E-state index in [1.165, 1.54) is 23.3 Å². The summed E-state index contributed by atoms with van der Waals surface area (Å²) in [5.74, 6) is -1.44. The van der Waals surface area contributed by atoms with Gasteiger partial charge in [-0.3, -0.25) is 9.48 Å². The normalized spacial score (nSPS) is 13.9. The van der Waals surface area contributed by atoms with E-state index in [1.807, 2.05) is 0 Å². The molecule has 15 heteroatoms. The Hall–Kier alpha value is -3.26. The Labute approximate surface area is 184 Å². The summed E-state index contributed by atoms with van der Waals surface area (Å²) in [5.41, 5.74) is 1.15. The van der Waals surface area contributed by atoms with Crippen molar-refractivity contribution in [1.29, 1.82) is 0 Å². The Balaban J connectivity index is 1.52. The predicted octanol–water partition coefficient (Wildman–Crippen LogP) is 2.17. The van der Waals surface area contributed by atoms with Crippen LogP contribution in [-0.4, -0.2) is 50.7 Å². The van der Waals surface area contributed by atoms with Gasteiger partial charge in [-0.25, -0.2) is 14.2 Å². The number of nitrogens with zero attached hydrogens (tertiary/aromatic N) is 8. The van der Waals surface area contributed by atoms with Gasteiger partial charge in [-0.15, -0.1) is 0 Å². The molecule has 0 aromatic carbocycles. The van der Waals surface area contributed by atoms with Crippen LogP contribution in [-0.2, 0) is 39.1 Å². The first kappa shape index (κ1) is 22.0. The molecule has 4 aromatic heterocycles. The Kier molecular flexibility index (Phi) is 5.50. The van der Waals surface area contributed by atoms with Gasteiger partial charge in [0.15, 0.2) is 5.82 Å². The molecular weight excluding hydrogens is 470 g/mol. The fourth-order valence-electron chi connectivity index (χ4n) is 2.84. The number of aromatic nitrogens is 7. The third-order valence-corrected chi connectivity index (χ3v) is 5.65. The number of carbonyl (C=O) groups excluding carboxylic acids is 1. The average Bonchev–Trinajstić information content (AvgIpc) is 3.38. The molecule has 4 rings (SSSR count). The summed E-state index contributed by atoms with van der Waals surface area (Å²) in [6, 6.07) is 3.09. The van der Waals surface area contributed by atoms with Gasteiger partial charge in [-0.2, -0.15) is 23.2 Å². The van der Waals surface area contributed by atoms with E-state index >= 15 is 0 Å². The quantitative estimate of drug-likeness (QED) is 0.380. The summed E-state index contributed by atoms with van der Waals surface area (Å²) < 4.78 is 50.2. The van der Waals surface area contributed by atoms with Crippen LogP contribution in [0.2, 0.25) is 0 Å². The van der Waals surface area contributed by atoms with Crippen molar-refractivity contribution in [1.82, 2.24) is 34.3 Å². The third kappa shape index (κ3) is 4.96. The SMILES string of the molecule is Cn1cnc(CS(C)(=O)=NC(=O)Cc2cn3ccc(-c4noc(C(F)(F)Cl)n4)cc3n2)n1. The molecule has 0 radical (unpaired) electrons. The van der Waals surface area contributed by atoms with Crippen LogP contribution >= 0.6 is 11.6 Å². The molecule has 0 spiro atoms. The molecule has 1 unspecified atom stereocenters. The van der Waals surface area contributed by atoms with Crippen molar-refractivity contribution < 1.29 is 22.3 Å². The van der Waals surface area contributed by atoms with Crippen molar-refractivity contribution >= 4 is 32.9 Å². The van der Waals surface area contributed by atoms with Gasteiger partial charge in [0.1, 0.15) is 12.0 Å². The number of fused-ring (bicyclic) bond motifs is 1. The van der Waals surface area contributed by atoms with Crippen molar-refractivity contribution in [2.45, 2.75) is 17.6 Å². The standard InChI is InChI=1S/C17H15ClF2N8O3S/c1-27-9-21-12(24-27)8-32(2,30)26-14(29)6-11-7-28-4-3-10(5-13(28)22-11)15-23-16(31-25-15)17(18,19)20/h3-5,7,9H,6,8H2,1-2H3. The summed E-state index contributed by atoms with van der Waals surface area (Å²) in [4.78, 5) is 24.2. The maximum atomic E-state index is 13.1. The van der Waals surface area contributed by atoms with E-state index < -0.39 is 26.9 Å². The zero-order valence-corrected chi connectivity index (χ0v) is 18.2. The van der Waals surface area contributed by atoms with Gasteiger partial charge in [0.2, 0.25) is 5.82 Å². The fourth-order valence-corrected chi connectivity index (χ4v) is 4.09. The maximum Gasteiger partial charge on any atom is 0.400 e. The van der Waals surface area contributed by atoms with E-state index in [2.05, 4.69) is 34.1 Å². The largest absolute Gasteiger partial charge is 0.400 e. The lowest BCUT2D eigenvalue weighted by Gasteiger charge is -2.00. The molecule has 0 aliphatic heterocycles. The molecule has 11 nitrogen and oxygen atoms in total. The summed E-state index contributed by atoms with van der Waals surface area (Å²) in [7, 11) is -1.19. The fraction of sp³-hybridized carbons (Fsp3) is 0.294. The van der Waals surface area contributed by atoms with Crippen LogP contribution in [0.1, 0.15) is 17.4 Å². The lowest BCUT2D eigenvalue weighted by atomic mass is 10.2. The van der Waals surface area contributed by atoms with E-state index in [4.69, 9.17) is 11.6 Å². The smallest absolute Gasteiger partial charge is 0.331 e. The van der Waals surface area contributed by atoms with E-state index in [0.29, 0.717) is 22.7 Å². The maximum absolute atomic E-state index is 13.1. The molecule has 1 atom stereocenters. The highest BCUT2D eigenvalue weighted by molar-refractivity contribution is 7.92. The number of aryl methyl sites for hydroxylation is 1. The van der Waals surface area contributed by atoms with E-state index in [0.717, 1.165) is 0 Å². The van der Waals surface area contributed by atoms with Crippen LogP contribution < -0.4 is 0 Å². The van der Waals surface area contributed by atoms with Crippen molar-refractivity contribution in [2.24, 2.45) is 11.4 Å². The zero-order chi connectivity index (χ0) is 23.1. The first-order valence-corrected chi connectivity index (χ1v) is 11.4. The van der Waals surface area contributed by atoms with Crippen molar-refractivity contribution in [3.8, 4) is 11.4 Å². The number of amides is 1. The van der Waals surface area contributed by atoms with E-state index in [9.17, 15) is 17.8 Å². The highest BCUT2D eigenvalue weighted by atomic mass is 35.5. The van der Waals surface area contributed by atoms with Gasteiger partial charge in [0.25, 0.3) is 5.91 Å². The lowest BCUT2D eigenvalue weighted by Crippen LogP contribution is -2.09. The van der Waals surface area contributed by atoms with Gasteiger partial charge >= 0.3 is 11.3 Å². The Morgan fingerprint density at radius 1 is 1.38 bits per heavy atom. The summed E-state index contributed by atoms with van der Waals surface area (Å²) >= 11 is 4.88. The second-order valence-corrected chi connectivity index (χ2v) is 9.80. The van der Waals surface area contributed by atoms with Crippen LogP contribution in [0, 0.1) is 0 Å². The molecule has 1 amide bonds. The predicted molar refractivity (Wildman–Crippen MR) is 108 cm³/mol. The van der Waals surface area contributed by atoms with E-state index in [1.54, 1.807) is 29.9 Å². The number of halogens is 3. The van der Waals surface area contributed by atoms with Crippen LogP contribution in [0.15, 0.2) is 39.7 Å². The van der Waals surface area contributed by atoms with E-state index in [-0.39, 0.29) is 18.0 Å². The molecule has 0 fully saturated rings.